The van der Waals surface area contributed by atoms with Crippen molar-refractivity contribution in [3.8, 4) is 0 Å². The van der Waals surface area contributed by atoms with Crippen molar-refractivity contribution >= 4 is 0 Å². The van der Waals surface area contributed by atoms with Gasteiger partial charge in [-0.2, -0.15) is 0 Å². The van der Waals surface area contributed by atoms with Crippen LogP contribution in [0.1, 0.15) is 88.3 Å². The van der Waals surface area contributed by atoms with Gasteiger partial charge in [-0.25, -0.2) is 0 Å². The predicted molar refractivity (Wildman–Crippen MR) is 123 cm³/mol. The van der Waals surface area contributed by atoms with Gasteiger partial charge in [-0.3, -0.25) is 0 Å². The molecule has 1 atom stereocenters. The molecule has 0 saturated heterocycles. The first-order valence-corrected chi connectivity index (χ1v) is 11.5. The summed E-state index contributed by atoms with van der Waals surface area (Å²) >= 11 is 0. The maximum Gasteiger partial charge on any atom is 0.114 e. The normalized spacial score (nSPS) is 12.8. The van der Waals surface area contributed by atoms with Crippen molar-refractivity contribution in [1.29, 1.82) is 0 Å². The second kappa shape index (κ2) is 12.8. The molecule has 0 amide bonds. The first-order valence-electron chi connectivity index (χ1n) is 11.5. The second-order valence-electron chi connectivity index (χ2n) is 8.97. The zero-order valence-electron chi connectivity index (χ0n) is 18.6. The Bertz CT molecular complexity index is 617. The van der Waals surface area contributed by atoms with Crippen molar-refractivity contribution in [3.63, 3.8) is 0 Å². The molecular weight excluding hydrogens is 338 g/mol. The lowest BCUT2D eigenvalue weighted by atomic mass is 9.96. The third kappa shape index (κ3) is 8.19. The van der Waals surface area contributed by atoms with E-state index in [4.69, 9.17) is 0 Å². The highest BCUT2D eigenvalue weighted by Gasteiger charge is 2.29. The maximum atomic E-state index is 2.40. The molecule has 0 aliphatic heterocycles. The molecule has 0 N–H and O–H groups in total. The molecule has 0 aliphatic rings. The van der Waals surface area contributed by atoms with Gasteiger partial charge in [0.05, 0.1) is 14.1 Å². The fourth-order valence-corrected chi connectivity index (χ4v) is 4.41. The van der Waals surface area contributed by atoms with Gasteiger partial charge in [-0.1, -0.05) is 119 Å². The number of hydrogen-bond acceptors (Lipinski definition) is 0. The van der Waals surface area contributed by atoms with Crippen LogP contribution in [0, 0.1) is 0 Å². The third-order valence-corrected chi connectivity index (χ3v) is 6.04. The Morgan fingerprint density at radius 3 is 1.71 bits per heavy atom. The summed E-state index contributed by atoms with van der Waals surface area (Å²) in [6.45, 7) is 3.37. The number of unbranched alkanes of at least 4 members (excludes halogenated alkanes) is 8. The molecule has 0 bridgehead atoms. The van der Waals surface area contributed by atoms with Gasteiger partial charge >= 0.3 is 0 Å². The second-order valence-corrected chi connectivity index (χ2v) is 8.97. The molecule has 2 rings (SSSR count). The Morgan fingerprint density at radius 2 is 1.14 bits per heavy atom. The molecule has 0 aromatic heterocycles. The molecule has 0 unspecified atom stereocenters. The lowest BCUT2D eigenvalue weighted by molar-refractivity contribution is -0.934. The van der Waals surface area contributed by atoms with E-state index in [0.717, 1.165) is 11.0 Å². The van der Waals surface area contributed by atoms with Crippen molar-refractivity contribution < 1.29 is 4.48 Å². The van der Waals surface area contributed by atoms with Gasteiger partial charge in [-0.05, 0) is 6.42 Å². The maximum absolute atomic E-state index is 2.40. The van der Waals surface area contributed by atoms with Crippen LogP contribution in [0.2, 0.25) is 0 Å². The largest absolute Gasteiger partial charge is 0.319 e. The van der Waals surface area contributed by atoms with Crippen LogP contribution >= 0.6 is 0 Å². The Kier molecular flexibility index (Phi) is 10.4. The minimum Gasteiger partial charge on any atom is -0.319 e. The minimum atomic E-state index is 0.561. The topological polar surface area (TPSA) is 0 Å². The van der Waals surface area contributed by atoms with Crippen LogP contribution in [-0.4, -0.2) is 18.6 Å². The number of hydrogen-bond donors (Lipinski definition) is 0. The average molecular weight is 381 g/mol. The molecule has 1 nitrogen and oxygen atoms in total. The monoisotopic (exact) mass is 380 g/mol. The van der Waals surface area contributed by atoms with Crippen molar-refractivity contribution in [2.24, 2.45) is 0 Å². The summed E-state index contributed by atoms with van der Waals surface area (Å²) in [4.78, 5) is 0. The van der Waals surface area contributed by atoms with Gasteiger partial charge in [0.2, 0.25) is 0 Å². The van der Waals surface area contributed by atoms with Crippen LogP contribution in [0.3, 0.4) is 0 Å². The first-order chi connectivity index (χ1) is 13.6. The molecule has 28 heavy (non-hydrogen) atoms. The highest BCUT2D eigenvalue weighted by Crippen LogP contribution is 2.32. The molecule has 2 aromatic rings. The van der Waals surface area contributed by atoms with Crippen molar-refractivity contribution in [2.75, 3.05) is 14.1 Å². The number of nitrogens with zero attached hydrogens (tertiary/aromatic N) is 1. The van der Waals surface area contributed by atoms with E-state index in [-0.39, 0.29) is 0 Å². The molecule has 2 aromatic carbocycles. The lowest BCUT2D eigenvalue weighted by Gasteiger charge is -2.39. The van der Waals surface area contributed by atoms with Crippen LogP contribution in [0.25, 0.3) is 0 Å². The summed E-state index contributed by atoms with van der Waals surface area (Å²) in [5.74, 6) is 0. The standard InChI is InChI=1S/C27H42N/c1-4-5-6-7-8-9-10-11-18-23-27(26-21-16-13-17-22-26)28(2,3)24-25-19-14-12-15-20-25/h12-17,19-22,27H,4-11,18,23-24H2,1-3H3/q+1/t27-/m0/s1. The van der Waals surface area contributed by atoms with Gasteiger partial charge in [0, 0.05) is 17.5 Å². The third-order valence-electron chi connectivity index (χ3n) is 6.04. The highest BCUT2D eigenvalue weighted by atomic mass is 15.3. The molecule has 1 heteroatoms. The number of rotatable bonds is 14. The van der Waals surface area contributed by atoms with E-state index in [1.165, 1.54) is 75.3 Å². The Labute approximate surface area is 174 Å². The molecule has 0 fully saturated rings. The molecule has 0 radical (unpaired) electrons. The summed E-state index contributed by atoms with van der Waals surface area (Å²) in [5, 5.41) is 0. The van der Waals surface area contributed by atoms with Gasteiger partial charge in [0.25, 0.3) is 0 Å². The molecular formula is C27H42N+. The average Bonchev–Trinajstić information content (AvgIpc) is 2.70. The van der Waals surface area contributed by atoms with E-state index in [0.29, 0.717) is 6.04 Å². The Balaban J connectivity index is 1.86. The van der Waals surface area contributed by atoms with Gasteiger partial charge in [0.1, 0.15) is 12.6 Å². The number of quaternary nitrogens is 1. The fraction of sp³-hybridized carbons (Fsp3) is 0.556. The van der Waals surface area contributed by atoms with Crippen LogP contribution in [-0.2, 0) is 6.54 Å². The molecule has 0 aliphatic carbocycles. The predicted octanol–water partition coefficient (Wildman–Crippen LogP) is 7.93. The first kappa shape index (κ1) is 22.7. The lowest BCUT2D eigenvalue weighted by Crippen LogP contribution is -2.42. The zero-order chi connectivity index (χ0) is 20.1. The molecule has 0 heterocycles. The Morgan fingerprint density at radius 1 is 0.643 bits per heavy atom. The number of benzene rings is 2. The molecule has 0 saturated carbocycles. The summed E-state index contributed by atoms with van der Waals surface area (Å²) < 4.78 is 1.02. The van der Waals surface area contributed by atoms with Crippen LogP contribution in [0.5, 0.6) is 0 Å². The molecule has 0 spiro atoms. The van der Waals surface area contributed by atoms with Crippen LogP contribution in [0.4, 0.5) is 0 Å². The highest BCUT2D eigenvalue weighted by molar-refractivity contribution is 5.18. The van der Waals surface area contributed by atoms with Gasteiger partial charge < -0.3 is 4.48 Å². The summed E-state index contributed by atoms with van der Waals surface area (Å²) in [5.41, 5.74) is 2.92. The van der Waals surface area contributed by atoms with E-state index in [9.17, 15) is 0 Å². The summed E-state index contributed by atoms with van der Waals surface area (Å²) in [6.07, 6.45) is 13.9. The molecule has 154 valence electrons. The van der Waals surface area contributed by atoms with E-state index in [1.807, 2.05) is 0 Å². The van der Waals surface area contributed by atoms with Crippen molar-refractivity contribution in [3.05, 3.63) is 71.8 Å². The van der Waals surface area contributed by atoms with E-state index >= 15 is 0 Å². The zero-order valence-corrected chi connectivity index (χ0v) is 18.6. The Hall–Kier alpha value is -1.60. The smallest absolute Gasteiger partial charge is 0.114 e. The van der Waals surface area contributed by atoms with Crippen molar-refractivity contribution in [2.45, 2.75) is 83.7 Å². The van der Waals surface area contributed by atoms with Gasteiger partial charge in [-0.15, -0.1) is 0 Å². The fourth-order valence-electron chi connectivity index (χ4n) is 4.41. The summed E-state index contributed by atoms with van der Waals surface area (Å²) in [7, 11) is 4.80. The van der Waals surface area contributed by atoms with Gasteiger partial charge in [0.15, 0.2) is 0 Å². The SMILES string of the molecule is CCCCCCCCCCC[C@@H](c1ccccc1)[N+](C)(C)Cc1ccccc1. The van der Waals surface area contributed by atoms with Crippen LogP contribution in [0.15, 0.2) is 60.7 Å². The van der Waals surface area contributed by atoms with E-state index in [2.05, 4.69) is 81.7 Å². The van der Waals surface area contributed by atoms with E-state index < -0.39 is 0 Å². The quantitative estimate of drug-likeness (QED) is 0.230. The van der Waals surface area contributed by atoms with Crippen LogP contribution < -0.4 is 0 Å². The van der Waals surface area contributed by atoms with E-state index in [1.54, 1.807) is 0 Å². The van der Waals surface area contributed by atoms with Crippen molar-refractivity contribution in [1.82, 2.24) is 0 Å². The minimum absolute atomic E-state index is 0.561. The summed E-state index contributed by atoms with van der Waals surface area (Å²) in [6, 6.07) is 22.7.